The van der Waals surface area contributed by atoms with Crippen LogP contribution in [0.1, 0.15) is 29.7 Å². The van der Waals surface area contributed by atoms with Crippen molar-refractivity contribution in [2.45, 2.75) is 32.0 Å². The van der Waals surface area contributed by atoms with Gasteiger partial charge in [0, 0.05) is 19.3 Å². The number of carbonyl (C=O) groups is 1. The number of imidazole rings is 1. The third kappa shape index (κ3) is 4.96. The Morgan fingerprint density at radius 2 is 1.82 bits per heavy atom. The summed E-state index contributed by atoms with van der Waals surface area (Å²) < 4.78 is 49.3. The Morgan fingerprint density at radius 3 is 2.49 bits per heavy atom. The van der Waals surface area contributed by atoms with Crippen molar-refractivity contribution < 1.29 is 22.7 Å². The van der Waals surface area contributed by atoms with Gasteiger partial charge in [-0.2, -0.15) is 23.5 Å². The molecular formula is C27H23F3N6O3. The number of alkyl halides is 3. The molecule has 3 heterocycles. The van der Waals surface area contributed by atoms with Crippen LogP contribution < -0.4 is 11.0 Å². The zero-order valence-electron chi connectivity index (χ0n) is 20.8. The molecule has 0 aliphatic carbocycles. The molecule has 9 nitrogen and oxygen atoms in total. The minimum absolute atomic E-state index is 0.0318. The molecular weight excluding hydrogens is 513 g/mol. The maximum absolute atomic E-state index is 13.8. The molecule has 0 saturated carbocycles. The number of nitrogens with zero attached hydrogens (tertiary/aromatic N) is 5. The molecule has 200 valence electrons. The molecule has 0 unspecified atom stereocenters. The smallest absolute Gasteiger partial charge is 0.381 e. The Bertz CT molecular complexity index is 1620. The first-order valence-electron chi connectivity index (χ1n) is 12.1. The summed E-state index contributed by atoms with van der Waals surface area (Å²) in [5.41, 5.74) is 0.00320. The van der Waals surface area contributed by atoms with E-state index in [4.69, 9.17) is 10.00 Å². The maximum Gasteiger partial charge on any atom is 0.416 e. The minimum Gasteiger partial charge on any atom is -0.381 e. The van der Waals surface area contributed by atoms with E-state index < -0.39 is 23.5 Å². The Hall–Kier alpha value is -4.63. The highest BCUT2D eigenvalue weighted by molar-refractivity contribution is 5.83. The van der Waals surface area contributed by atoms with Gasteiger partial charge in [0.1, 0.15) is 5.69 Å². The number of nitrogens with one attached hydrogen (secondary N) is 1. The van der Waals surface area contributed by atoms with Crippen molar-refractivity contribution in [3.63, 3.8) is 0 Å². The van der Waals surface area contributed by atoms with Crippen LogP contribution in [0.15, 0.2) is 65.6 Å². The van der Waals surface area contributed by atoms with Crippen LogP contribution in [0.25, 0.3) is 22.8 Å². The lowest BCUT2D eigenvalue weighted by atomic mass is 10.1. The van der Waals surface area contributed by atoms with Gasteiger partial charge in [-0.1, -0.05) is 6.07 Å². The predicted molar refractivity (Wildman–Crippen MR) is 135 cm³/mol. The monoisotopic (exact) mass is 536 g/mol. The van der Waals surface area contributed by atoms with Crippen molar-refractivity contribution in [3.05, 3.63) is 88.1 Å². The van der Waals surface area contributed by atoms with Crippen LogP contribution in [0, 0.1) is 18.3 Å². The summed E-state index contributed by atoms with van der Waals surface area (Å²) in [5, 5.41) is 16.3. The van der Waals surface area contributed by atoms with Gasteiger partial charge in [0.2, 0.25) is 0 Å². The Morgan fingerprint density at radius 1 is 1.10 bits per heavy atom. The van der Waals surface area contributed by atoms with E-state index in [1.165, 1.54) is 23.0 Å². The van der Waals surface area contributed by atoms with E-state index in [2.05, 4.69) is 10.4 Å². The Kier molecular flexibility index (Phi) is 6.84. The second-order valence-electron chi connectivity index (χ2n) is 9.06. The fourth-order valence-electron chi connectivity index (χ4n) is 4.67. The van der Waals surface area contributed by atoms with Crippen molar-refractivity contribution in [2.75, 3.05) is 13.2 Å². The molecule has 1 aliphatic rings. The van der Waals surface area contributed by atoms with Gasteiger partial charge in [0.15, 0.2) is 0 Å². The van der Waals surface area contributed by atoms with Crippen LogP contribution in [0.5, 0.6) is 0 Å². The van der Waals surface area contributed by atoms with Crippen LogP contribution in [0.4, 0.5) is 18.0 Å². The van der Waals surface area contributed by atoms with Crippen LogP contribution in [-0.2, 0) is 10.9 Å². The number of benzene rings is 2. The molecule has 1 N–H and O–H groups in total. The summed E-state index contributed by atoms with van der Waals surface area (Å²) in [6.45, 7) is 2.48. The molecule has 1 fully saturated rings. The van der Waals surface area contributed by atoms with E-state index >= 15 is 0 Å². The van der Waals surface area contributed by atoms with Gasteiger partial charge in [-0.15, -0.1) is 0 Å². The molecule has 1 saturated heterocycles. The number of aromatic nitrogens is 4. The first-order chi connectivity index (χ1) is 18.7. The fourth-order valence-corrected chi connectivity index (χ4v) is 4.67. The molecule has 39 heavy (non-hydrogen) atoms. The predicted octanol–water partition coefficient (Wildman–Crippen LogP) is 4.43. The molecule has 5 rings (SSSR count). The van der Waals surface area contributed by atoms with Gasteiger partial charge in [0.05, 0.1) is 46.2 Å². The molecule has 1 aliphatic heterocycles. The van der Waals surface area contributed by atoms with Gasteiger partial charge < -0.3 is 10.1 Å². The molecule has 1 amide bonds. The van der Waals surface area contributed by atoms with E-state index in [-0.39, 0.29) is 23.1 Å². The van der Waals surface area contributed by atoms with Gasteiger partial charge in [-0.25, -0.2) is 18.8 Å². The van der Waals surface area contributed by atoms with E-state index in [1.54, 1.807) is 37.3 Å². The van der Waals surface area contributed by atoms with Crippen molar-refractivity contribution in [1.29, 1.82) is 5.26 Å². The number of hydrogen-bond acceptors (Lipinski definition) is 5. The summed E-state index contributed by atoms with van der Waals surface area (Å²) in [6.07, 6.45) is -2.01. The lowest BCUT2D eigenvalue weighted by molar-refractivity contribution is -0.137. The number of halogens is 3. The molecule has 0 atom stereocenters. The van der Waals surface area contributed by atoms with Crippen LogP contribution in [-0.4, -0.2) is 44.2 Å². The zero-order chi connectivity index (χ0) is 27.7. The summed E-state index contributed by atoms with van der Waals surface area (Å²) in [5.74, 6) is 0. The van der Waals surface area contributed by atoms with Crippen molar-refractivity contribution in [3.8, 4) is 28.8 Å². The third-order valence-electron chi connectivity index (χ3n) is 6.59. The summed E-state index contributed by atoms with van der Waals surface area (Å²) in [4.78, 5) is 27.3. The molecule has 2 aromatic carbocycles. The number of amides is 1. The Balaban J connectivity index is 1.69. The summed E-state index contributed by atoms with van der Waals surface area (Å²) >= 11 is 0. The number of carbonyl (C=O) groups excluding carboxylic acids is 1. The average molecular weight is 537 g/mol. The molecule has 2 aromatic heterocycles. The highest BCUT2D eigenvalue weighted by Crippen LogP contribution is 2.32. The SMILES string of the molecule is Cc1c(-c2ccnn2-c2ccc(C#N)cc2)n(C(=O)NC2CCOCC2)c(=O)n1-c1cccc(C(F)(F)F)c1. The van der Waals surface area contributed by atoms with Gasteiger partial charge in [0.25, 0.3) is 0 Å². The van der Waals surface area contributed by atoms with Crippen molar-refractivity contribution in [2.24, 2.45) is 0 Å². The van der Waals surface area contributed by atoms with Gasteiger partial charge in [-0.05, 0) is 68.3 Å². The molecule has 0 spiro atoms. The molecule has 0 radical (unpaired) electrons. The van der Waals surface area contributed by atoms with E-state index in [0.29, 0.717) is 43.0 Å². The van der Waals surface area contributed by atoms with Gasteiger partial charge in [-0.3, -0.25) is 4.57 Å². The lowest BCUT2D eigenvalue weighted by Crippen LogP contribution is -2.44. The molecule has 4 aromatic rings. The maximum atomic E-state index is 13.8. The van der Waals surface area contributed by atoms with Crippen LogP contribution >= 0.6 is 0 Å². The quantitative estimate of drug-likeness (QED) is 0.416. The lowest BCUT2D eigenvalue weighted by Gasteiger charge is -2.23. The number of nitriles is 1. The third-order valence-corrected chi connectivity index (χ3v) is 6.59. The average Bonchev–Trinajstić information content (AvgIpc) is 3.50. The fraction of sp³-hybridized carbons (Fsp3) is 0.259. The normalized spacial score (nSPS) is 14.2. The van der Waals surface area contributed by atoms with Gasteiger partial charge >= 0.3 is 17.9 Å². The number of rotatable bonds is 4. The summed E-state index contributed by atoms with van der Waals surface area (Å²) in [6, 6.07) is 13.6. The summed E-state index contributed by atoms with van der Waals surface area (Å²) in [7, 11) is 0. The van der Waals surface area contributed by atoms with Crippen molar-refractivity contribution in [1.82, 2.24) is 24.2 Å². The highest BCUT2D eigenvalue weighted by atomic mass is 19.4. The number of hydrogen-bond donors (Lipinski definition) is 1. The van der Waals surface area contributed by atoms with Crippen LogP contribution in [0.3, 0.4) is 0 Å². The molecule has 0 bridgehead atoms. The first-order valence-corrected chi connectivity index (χ1v) is 12.1. The van der Waals surface area contributed by atoms with Crippen molar-refractivity contribution >= 4 is 6.03 Å². The minimum atomic E-state index is -4.62. The highest BCUT2D eigenvalue weighted by Gasteiger charge is 2.32. The first kappa shape index (κ1) is 26.0. The second-order valence-corrected chi connectivity index (χ2v) is 9.06. The van der Waals surface area contributed by atoms with E-state index in [1.807, 2.05) is 6.07 Å². The largest absolute Gasteiger partial charge is 0.416 e. The second kappa shape index (κ2) is 10.3. The topological polar surface area (TPSA) is 107 Å². The van der Waals surface area contributed by atoms with Crippen LogP contribution in [0.2, 0.25) is 0 Å². The van der Waals surface area contributed by atoms with E-state index in [9.17, 15) is 22.8 Å². The molecule has 12 heteroatoms. The Labute approximate surface area is 220 Å². The van der Waals surface area contributed by atoms with E-state index in [0.717, 1.165) is 21.3 Å². The number of ether oxygens (including phenoxy) is 1. The zero-order valence-corrected chi connectivity index (χ0v) is 20.8. The standard InChI is InChI=1S/C27H23F3N6O3/c1-17-24(23-9-12-32-36(23)21-7-5-18(16-31)6-8-21)35(25(37)33-20-10-13-39-14-11-20)26(38)34(17)22-4-2-3-19(15-22)27(28,29)30/h2-9,12,15,20H,10-11,13-14H2,1H3,(H,33,37).